The summed E-state index contributed by atoms with van der Waals surface area (Å²) in [6, 6.07) is 6.32. The van der Waals surface area contributed by atoms with E-state index >= 15 is 0 Å². The Bertz CT molecular complexity index is 777. The summed E-state index contributed by atoms with van der Waals surface area (Å²) in [5.74, 6) is -5.25. The molecular weight excluding hydrogens is 368 g/mol. The molecule has 0 heterocycles. The summed E-state index contributed by atoms with van der Waals surface area (Å²) < 4.78 is 103. The Morgan fingerprint density at radius 2 is 1.46 bits per heavy atom. The predicted molar refractivity (Wildman–Crippen MR) is 80.0 cm³/mol. The fourth-order valence-corrected chi connectivity index (χ4v) is 2.59. The molecule has 0 spiro atoms. The normalized spacial score (nSPS) is 12.7. The third-order valence-electron chi connectivity index (χ3n) is 3.79. The minimum atomic E-state index is -4.56. The van der Waals surface area contributed by atoms with Gasteiger partial charge in [0.05, 0.1) is 5.56 Å². The summed E-state index contributed by atoms with van der Waals surface area (Å²) in [6.07, 6.45) is -9.99. The van der Waals surface area contributed by atoms with Crippen LogP contribution in [0.5, 0.6) is 0 Å². The summed E-state index contributed by atoms with van der Waals surface area (Å²) in [5.41, 5.74) is -0.885. The molecule has 0 aliphatic heterocycles. The van der Waals surface area contributed by atoms with E-state index < -0.39 is 36.3 Å². The quantitative estimate of drug-likeness (QED) is 0.541. The van der Waals surface area contributed by atoms with Crippen LogP contribution in [0.2, 0.25) is 0 Å². The number of hydrogen-bond donors (Lipinski definition) is 0. The van der Waals surface area contributed by atoms with Crippen molar-refractivity contribution in [1.29, 1.82) is 0 Å². The van der Waals surface area contributed by atoms with Gasteiger partial charge in [0.1, 0.15) is 5.82 Å². The first-order valence-corrected chi connectivity index (χ1v) is 7.49. The van der Waals surface area contributed by atoms with Crippen LogP contribution in [0.25, 0.3) is 0 Å². The van der Waals surface area contributed by atoms with Gasteiger partial charge in [0.2, 0.25) is 0 Å². The second-order valence-electron chi connectivity index (χ2n) is 6.03. The lowest BCUT2D eigenvalue weighted by atomic mass is 9.97. The Kier molecular flexibility index (Phi) is 5.63. The van der Waals surface area contributed by atoms with E-state index in [4.69, 9.17) is 0 Å². The Morgan fingerprint density at radius 3 is 2.04 bits per heavy atom. The maximum absolute atomic E-state index is 13.6. The van der Waals surface area contributed by atoms with Gasteiger partial charge in [0, 0.05) is 6.42 Å². The molecule has 0 amide bonds. The second kappa shape index (κ2) is 7.25. The highest BCUT2D eigenvalue weighted by Crippen LogP contribution is 2.33. The molecule has 142 valence electrons. The van der Waals surface area contributed by atoms with Crippen LogP contribution in [0.1, 0.15) is 27.8 Å². The van der Waals surface area contributed by atoms with Gasteiger partial charge >= 0.3 is 18.5 Å². The van der Waals surface area contributed by atoms with E-state index in [0.29, 0.717) is 6.07 Å². The highest BCUT2D eigenvalue weighted by Gasteiger charge is 2.40. The molecule has 0 aliphatic rings. The highest BCUT2D eigenvalue weighted by molar-refractivity contribution is 5.37. The van der Waals surface area contributed by atoms with Crippen molar-refractivity contribution in [3.8, 4) is 0 Å². The van der Waals surface area contributed by atoms with Gasteiger partial charge in [-0.15, -0.1) is 0 Å². The van der Waals surface area contributed by atoms with Crippen molar-refractivity contribution in [2.45, 2.75) is 38.3 Å². The van der Waals surface area contributed by atoms with Crippen LogP contribution in [0, 0.1) is 12.7 Å². The molecule has 0 nitrogen and oxygen atoms in total. The van der Waals surface area contributed by atoms with Crippen LogP contribution in [0.3, 0.4) is 0 Å². The highest BCUT2D eigenvalue weighted by atomic mass is 19.4. The fraction of sp³-hybridized carbons (Fsp3) is 0.333. The number of aryl methyl sites for hydroxylation is 1. The average molecular weight is 382 g/mol. The maximum Gasteiger partial charge on any atom is 0.416 e. The summed E-state index contributed by atoms with van der Waals surface area (Å²) in [6.45, 7) is 1.29. The zero-order valence-corrected chi connectivity index (χ0v) is 13.5. The number of hydrogen-bond acceptors (Lipinski definition) is 0. The Morgan fingerprint density at radius 1 is 0.846 bits per heavy atom. The van der Waals surface area contributed by atoms with Gasteiger partial charge in [-0.2, -0.15) is 22.0 Å². The molecule has 0 radical (unpaired) electrons. The second-order valence-corrected chi connectivity index (χ2v) is 6.03. The van der Waals surface area contributed by atoms with Crippen molar-refractivity contribution in [2.75, 3.05) is 0 Å². The zero-order valence-electron chi connectivity index (χ0n) is 13.5. The van der Waals surface area contributed by atoms with E-state index in [9.17, 15) is 35.1 Å². The zero-order chi connectivity index (χ0) is 19.7. The van der Waals surface area contributed by atoms with Gasteiger partial charge < -0.3 is 0 Å². The van der Waals surface area contributed by atoms with Gasteiger partial charge in [-0.3, -0.25) is 0 Å². The van der Waals surface area contributed by atoms with Crippen molar-refractivity contribution in [3.05, 3.63) is 70.0 Å². The van der Waals surface area contributed by atoms with Gasteiger partial charge in [-0.05, 0) is 53.8 Å². The molecular formula is C18H14F8. The monoisotopic (exact) mass is 382 g/mol. The molecule has 0 bridgehead atoms. The molecule has 2 aromatic carbocycles. The van der Waals surface area contributed by atoms with Crippen LogP contribution >= 0.6 is 0 Å². The first-order valence-electron chi connectivity index (χ1n) is 7.49. The van der Waals surface area contributed by atoms with E-state index in [0.717, 1.165) is 18.2 Å². The van der Waals surface area contributed by atoms with Crippen molar-refractivity contribution >= 4 is 0 Å². The number of halogens is 8. The largest absolute Gasteiger partial charge is 0.416 e. The minimum Gasteiger partial charge on any atom is -0.207 e. The summed E-state index contributed by atoms with van der Waals surface area (Å²) in [4.78, 5) is 0. The molecule has 0 atom stereocenters. The number of benzene rings is 2. The lowest BCUT2D eigenvalue weighted by molar-refractivity contribution is -0.138. The summed E-state index contributed by atoms with van der Waals surface area (Å²) in [7, 11) is 0. The summed E-state index contributed by atoms with van der Waals surface area (Å²) in [5, 5.41) is 0. The SMILES string of the molecule is Cc1ccc(Cc2cc(F)cc(CC(F)(F)C(F)F)c2)cc1C(F)(F)F. The molecule has 0 saturated heterocycles. The first kappa shape index (κ1) is 20.2. The molecule has 0 aliphatic carbocycles. The van der Waals surface area contributed by atoms with Crippen LogP contribution < -0.4 is 0 Å². The fourth-order valence-electron chi connectivity index (χ4n) is 2.59. The van der Waals surface area contributed by atoms with Crippen LogP contribution in [-0.4, -0.2) is 12.3 Å². The van der Waals surface area contributed by atoms with E-state index in [-0.39, 0.29) is 28.7 Å². The molecule has 0 unspecified atom stereocenters. The van der Waals surface area contributed by atoms with Crippen LogP contribution in [0.15, 0.2) is 36.4 Å². The van der Waals surface area contributed by atoms with Gasteiger partial charge in [0.25, 0.3) is 0 Å². The molecule has 2 aromatic rings. The molecule has 26 heavy (non-hydrogen) atoms. The van der Waals surface area contributed by atoms with Crippen molar-refractivity contribution in [1.82, 2.24) is 0 Å². The first-order chi connectivity index (χ1) is 11.9. The number of rotatable bonds is 5. The lowest BCUT2D eigenvalue weighted by Gasteiger charge is -2.16. The van der Waals surface area contributed by atoms with Crippen molar-refractivity contribution < 1.29 is 35.1 Å². The standard InChI is InChI=1S/C18H14F8/c1-10-2-3-11(8-15(10)18(24,25)26)4-12-5-13(7-14(19)6-12)9-17(22,23)16(20)21/h2-3,5-8,16H,4,9H2,1H3. The van der Waals surface area contributed by atoms with Crippen LogP contribution in [-0.2, 0) is 19.0 Å². The Balaban J connectivity index is 2.31. The third-order valence-corrected chi connectivity index (χ3v) is 3.79. The predicted octanol–water partition coefficient (Wildman–Crippen LogP) is 6.19. The number of alkyl halides is 7. The van der Waals surface area contributed by atoms with E-state index in [1.807, 2.05) is 0 Å². The Labute approximate surface area is 144 Å². The maximum atomic E-state index is 13.6. The molecule has 0 N–H and O–H groups in total. The summed E-state index contributed by atoms with van der Waals surface area (Å²) >= 11 is 0. The Hall–Kier alpha value is -2.12. The topological polar surface area (TPSA) is 0 Å². The third kappa shape index (κ3) is 4.95. The smallest absolute Gasteiger partial charge is 0.207 e. The average Bonchev–Trinajstić information content (AvgIpc) is 2.46. The van der Waals surface area contributed by atoms with Crippen molar-refractivity contribution in [3.63, 3.8) is 0 Å². The van der Waals surface area contributed by atoms with E-state index in [1.165, 1.54) is 19.1 Å². The minimum absolute atomic E-state index is 0.0118. The molecule has 0 aromatic heterocycles. The van der Waals surface area contributed by atoms with E-state index in [2.05, 4.69) is 0 Å². The lowest BCUT2D eigenvalue weighted by Crippen LogP contribution is -2.29. The van der Waals surface area contributed by atoms with Crippen molar-refractivity contribution in [2.24, 2.45) is 0 Å². The molecule has 0 fully saturated rings. The molecule has 0 saturated carbocycles. The molecule has 8 heteroatoms. The van der Waals surface area contributed by atoms with Crippen LogP contribution in [0.4, 0.5) is 35.1 Å². The van der Waals surface area contributed by atoms with Gasteiger partial charge in [0.15, 0.2) is 0 Å². The van der Waals surface area contributed by atoms with Gasteiger partial charge in [-0.1, -0.05) is 18.2 Å². The molecule has 2 rings (SSSR count). The van der Waals surface area contributed by atoms with Gasteiger partial charge in [-0.25, -0.2) is 13.2 Å². The van der Waals surface area contributed by atoms with E-state index in [1.54, 1.807) is 0 Å².